The third-order valence-electron chi connectivity index (χ3n) is 19.8. The fourth-order valence-electron chi connectivity index (χ4n) is 15.7. The van der Waals surface area contributed by atoms with Crippen LogP contribution >= 0.6 is 0 Å². The molecule has 454 valence electrons. The number of ether oxygens (including phenoxy) is 3. The molecule has 0 aliphatic carbocycles. The zero-order valence-corrected chi connectivity index (χ0v) is 52.1. The Kier molecular flexibility index (Phi) is 8.35. The lowest BCUT2D eigenvalue weighted by molar-refractivity contribution is 0.458. The van der Waals surface area contributed by atoms with Crippen LogP contribution in [-0.2, 0) is 5.41 Å². The quantitative estimate of drug-likeness (QED) is 0.148. The molecule has 0 radical (unpaired) electrons. The second kappa shape index (κ2) is 20.2. The van der Waals surface area contributed by atoms with Crippen molar-refractivity contribution in [1.82, 2.24) is 4.57 Å². The van der Waals surface area contributed by atoms with Gasteiger partial charge in [0, 0.05) is 78.1 Å². The van der Waals surface area contributed by atoms with Gasteiger partial charge in [-0.2, -0.15) is 0 Å². The van der Waals surface area contributed by atoms with E-state index in [1.54, 1.807) is 12.1 Å². The van der Waals surface area contributed by atoms with Gasteiger partial charge >= 0.3 is 0 Å². The van der Waals surface area contributed by atoms with E-state index in [1.165, 1.54) is 0 Å². The minimum Gasteiger partial charge on any atom is -0.459 e. The Morgan fingerprint density at radius 3 is 1.38 bits per heavy atom. The topological polar surface area (TPSA) is 42.3 Å². The summed E-state index contributed by atoms with van der Waals surface area (Å²) in [7, 11) is 0. The predicted molar refractivity (Wildman–Crippen MR) is 401 cm³/mol. The lowest BCUT2D eigenvalue weighted by atomic mass is 9.29. The highest BCUT2D eigenvalue weighted by atomic mass is 16.5. The molecule has 97 heavy (non-hydrogen) atoms. The molecule has 21 rings (SSSR count). The SMILES string of the molecule is [2H]c1c([2H])c2c3c(c1[2H])Oc1c([2H])c([2H])c4c5c1B3c1c(c3c(c([2H])c1N5c1ccccc1O4)N(c1c(-c4ccccc4)cccc1-c1ccccc1)c1cc(C(C)(C)C)cc4c1B3c1c([2H])c([2H])c(-n3c5c([2H])c([2H])c([2H])c([2H])c5c5c([2H])c([2H])c([2H])c([2H])c53)c([2H])c1N4c1c(-c3ccccc3)cccc1-c1ccccc1)O2. The maximum absolute atomic E-state index is 12.1. The summed E-state index contributed by atoms with van der Waals surface area (Å²) >= 11 is 0. The summed E-state index contributed by atoms with van der Waals surface area (Å²) in [5.74, 6) is -0.241. The molecule has 6 aliphatic heterocycles. The van der Waals surface area contributed by atoms with Crippen LogP contribution in [0.1, 0.15) is 49.6 Å². The van der Waals surface area contributed by atoms with E-state index in [-0.39, 0.29) is 113 Å². The van der Waals surface area contributed by atoms with Gasteiger partial charge in [0.2, 0.25) is 0 Å². The summed E-state index contributed by atoms with van der Waals surface area (Å²) in [6.07, 6.45) is 0. The first-order valence-electron chi connectivity index (χ1n) is 40.8. The molecule has 14 aromatic carbocycles. The van der Waals surface area contributed by atoms with Gasteiger partial charge in [-0.15, -0.1) is 0 Å². The van der Waals surface area contributed by atoms with Crippen LogP contribution in [-0.4, -0.2) is 18.0 Å². The molecule has 0 fully saturated rings. The fourth-order valence-corrected chi connectivity index (χ4v) is 15.7. The highest BCUT2D eigenvalue weighted by molar-refractivity contribution is 7.04. The Labute approximate surface area is 586 Å². The van der Waals surface area contributed by atoms with Gasteiger partial charge in [-0.05, 0) is 134 Å². The van der Waals surface area contributed by atoms with Gasteiger partial charge in [0.1, 0.15) is 23.0 Å². The Morgan fingerprint density at radius 2 is 0.814 bits per heavy atom. The number of rotatable bonds is 7. The van der Waals surface area contributed by atoms with Crippen molar-refractivity contribution in [1.29, 1.82) is 0 Å². The van der Waals surface area contributed by atoms with Crippen LogP contribution in [0.15, 0.2) is 297 Å². The van der Waals surface area contributed by atoms with Gasteiger partial charge in [0.15, 0.2) is 11.5 Å². The summed E-state index contributed by atoms with van der Waals surface area (Å²) in [4.78, 5) is 5.91. The number of aromatic nitrogens is 1. The van der Waals surface area contributed by atoms with Crippen molar-refractivity contribution < 1.29 is 37.5 Å². The molecule has 0 saturated carbocycles. The van der Waals surface area contributed by atoms with Gasteiger partial charge in [-0.3, -0.25) is 0 Å². The molecule has 0 atom stereocenters. The van der Waals surface area contributed by atoms with Crippen molar-refractivity contribution in [2.24, 2.45) is 0 Å². The first-order chi connectivity index (χ1) is 54.9. The number of para-hydroxylation sites is 6. The van der Waals surface area contributed by atoms with E-state index in [9.17, 15) is 20.6 Å². The Hall–Kier alpha value is -12.2. The van der Waals surface area contributed by atoms with Crippen LogP contribution in [0, 0.1) is 0 Å². The minimum absolute atomic E-state index is 0.00683. The van der Waals surface area contributed by atoms with Crippen molar-refractivity contribution in [2.45, 2.75) is 26.2 Å². The highest BCUT2D eigenvalue weighted by Crippen LogP contribution is 2.59. The molecule has 0 amide bonds. The van der Waals surface area contributed by atoms with Crippen molar-refractivity contribution in [3.8, 4) is 84.7 Å². The summed E-state index contributed by atoms with van der Waals surface area (Å²) in [5.41, 5.74) is 8.76. The second-order valence-corrected chi connectivity index (χ2v) is 26.1. The molecular formula is C88H58B2N4O3. The normalized spacial score (nSPS) is 16.1. The number of anilines is 9. The highest BCUT2D eigenvalue weighted by Gasteiger charge is 2.55. The standard InChI is InChI=1S/C88H58B2N4O3/c1-88(2,3)57-49-70-79-71(50-57)94(85-61(55-29-12-6-13-30-55)37-23-38-62(85)56-31-14-7-15-32-56)72-52-73-81-87(97-76-44-24-43-75-82(76)90(81)83-77(96-75)47-48-78-86(83)92(73)68-41-20-21-42-74(68)95-78)80(72)89(79)65-46-45-58(91-66-39-18-16-33-63(66)64-34-17-19-40-67(64)91)51-69(65)93(70)84-59(53-25-8-4-9-26-53)35-22-36-60(84)54-27-10-5-11-28-54/h4-52H,1-3H3/i16D,17D,18D,19D,24D,33D,34D,39D,40D,43D,44D,45D,46D,47D,48D,51D,52D. The lowest BCUT2D eigenvalue weighted by Gasteiger charge is -2.49. The monoisotopic (exact) mass is 1260 g/mol. The zero-order valence-electron chi connectivity index (χ0n) is 69.1. The van der Waals surface area contributed by atoms with Crippen LogP contribution in [0.4, 0.5) is 51.2 Å². The van der Waals surface area contributed by atoms with Crippen LogP contribution < -0.4 is 61.7 Å². The van der Waals surface area contributed by atoms with Crippen molar-refractivity contribution in [2.75, 3.05) is 14.7 Å². The third kappa shape index (κ3) is 7.65. The van der Waals surface area contributed by atoms with Crippen LogP contribution in [0.5, 0.6) is 34.5 Å². The van der Waals surface area contributed by atoms with E-state index >= 15 is 0 Å². The maximum atomic E-state index is 12.1. The molecule has 6 aliphatic rings. The minimum atomic E-state index is -1.46. The molecule has 7 heterocycles. The van der Waals surface area contributed by atoms with Crippen LogP contribution in [0.3, 0.4) is 0 Å². The third-order valence-corrected chi connectivity index (χ3v) is 19.8. The number of fused-ring (bicyclic) bond motifs is 11. The van der Waals surface area contributed by atoms with Crippen molar-refractivity contribution in [3.05, 3.63) is 302 Å². The Balaban J connectivity index is 1.03. The summed E-state index contributed by atoms with van der Waals surface area (Å²) in [6.45, 7) is 3.59. The molecule has 1 aromatic heterocycles. The zero-order chi connectivity index (χ0) is 78.7. The molecule has 7 nitrogen and oxygen atoms in total. The first kappa shape index (κ1) is 40.1. The van der Waals surface area contributed by atoms with E-state index in [1.807, 2.05) is 180 Å². The number of hydrogen-bond acceptors (Lipinski definition) is 6. The van der Waals surface area contributed by atoms with Crippen molar-refractivity contribution >= 4 is 119 Å². The van der Waals surface area contributed by atoms with Gasteiger partial charge < -0.3 is 33.5 Å². The van der Waals surface area contributed by atoms with E-state index in [0.29, 0.717) is 61.6 Å². The average molecular weight is 1260 g/mol. The summed E-state index contributed by atoms with van der Waals surface area (Å²) in [6, 6.07) is 52.7. The van der Waals surface area contributed by atoms with Crippen LogP contribution in [0.2, 0.25) is 0 Å². The summed E-state index contributed by atoms with van der Waals surface area (Å²) in [5, 5.41) is -0.612. The smallest absolute Gasteiger partial charge is 0.266 e. The average Bonchev–Trinajstić information content (AvgIpc) is 0.690. The first-order valence-corrected chi connectivity index (χ1v) is 32.3. The number of hydrogen-bond donors (Lipinski definition) is 0. The molecule has 0 N–H and O–H groups in total. The largest absolute Gasteiger partial charge is 0.459 e. The van der Waals surface area contributed by atoms with Crippen LogP contribution in [0.25, 0.3) is 72.0 Å². The van der Waals surface area contributed by atoms with E-state index in [0.717, 1.165) is 32.4 Å². The molecule has 0 unspecified atom stereocenters. The molecule has 15 aromatic rings. The lowest BCUT2D eigenvalue weighted by Crippen LogP contribution is -2.66. The van der Waals surface area contributed by atoms with Crippen molar-refractivity contribution in [3.63, 3.8) is 0 Å². The molecule has 9 heteroatoms. The molecule has 0 saturated heterocycles. The predicted octanol–water partition coefficient (Wildman–Crippen LogP) is 19.4. The number of nitrogens with zero attached hydrogens (tertiary/aromatic N) is 4. The van der Waals surface area contributed by atoms with Gasteiger partial charge in [-0.1, -0.05) is 239 Å². The van der Waals surface area contributed by atoms with E-state index < -0.39 is 115 Å². The Bertz CT molecular complexity index is 6760. The molecular weight excluding hydrogens is 1180 g/mol. The van der Waals surface area contributed by atoms with Gasteiger partial charge in [0.25, 0.3) is 13.4 Å². The summed E-state index contributed by atoms with van der Waals surface area (Å²) < 4.78 is 194. The molecule has 0 spiro atoms. The fraction of sp³-hybridized carbons (Fsp3) is 0.0455. The maximum Gasteiger partial charge on any atom is 0.266 e. The van der Waals surface area contributed by atoms with Gasteiger partial charge in [0.05, 0.1) is 57.1 Å². The number of benzene rings is 14. The van der Waals surface area contributed by atoms with E-state index in [2.05, 4.69) is 37.8 Å². The van der Waals surface area contributed by atoms with Gasteiger partial charge in [-0.25, -0.2) is 0 Å². The Morgan fingerprint density at radius 1 is 0.340 bits per heavy atom. The second-order valence-electron chi connectivity index (χ2n) is 26.1. The molecule has 0 bridgehead atoms. The van der Waals surface area contributed by atoms with E-state index in [4.69, 9.17) is 17.0 Å².